The normalized spacial score (nSPS) is 11.4. The Bertz CT molecular complexity index is 970. The minimum Gasteiger partial charge on any atom is -0.491 e. The Labute approximate surface area is 186 Å². The molecule has 1 N–H and O–H groups in total. The lowest BCUT2D eigenvalue weighted by Crippen LogP contribution is -2.33. The standard InChI is InChI=1S/C24H34N2O4S/c1-18(2)21-9-11-22(12-10-21)26(31(5,28)29)15-6-7-24(27)25-14-16-30-23-13-8-19(3)17-20(23)4/h8-13,17-18H,6-7,14-16H2,1-5H3,(H,25,27). The van der Waals surface area contributed by atoms with Gasteiger partial charge in [0.25, 0.3) is 0 Å². The highest BCUT2D eigenvalue weighted by Crippen LogP contribution is 2.22. The number of rotatable bonds is 11. The van der Waals surface area contributed by atoms with Gasteiger partial charge >= 0.3 is 0 Å². The van der Waals surface area contributed by atoms with Gasteiger partial charge in [0.15, 0.2) is 0 Å². The summed E-state index contributed by atoms with van der Waals surface area (Å²) >= 11 is 0. The van der Waals surface area contributed by atoms with E-state index >= 15 is 0 Å². The molecule has 0 unspecified atom stereocenters. The highest BCUT2D eigenvalue weighted by Gasteiger charge is 2.17. The molecule has 31 heavy (non-hydrogen) atoms. The molecule has 0 aliphatic rings. The van der Waals surface area contributed by atoms with Crippen molar-refractivity contribution >= 4 is 21.6 Å². The van der Waals surface area contributed by atoms with Crippen molar-refractivity contribution in [2.75, 3.05) is 30.3 Å². The van der Waals surface area contributed by atoms with Gasteiger partial charge in [-0.25, -0.2) is 8.42 Å². The Morgan fingerprint density at radius 1 is 1.10 bits per heavy atom. The zero-order valence-corrected chi connectivity index (χ0v) is 20.0. The number of amides is 1. The molecule has 0 fully saturated rings. The third-order valence-electron chi connectivity index (χ3n) is 5.03. The van der Waals surface area contributed by atoms with Crippen LogP contribution in [0.25, 0.3) is 0 Å². The summed E-state index contributed by atoms with van der Waals surface area (Å²) in [5.41, 5.74) is 4.01. The number of carbonyl (C=O) groups is 1. The number of benzene rings is 2. The molecule has 0 atom stereocenters. The molecule has 6 nitrogen and oxygen atoms in total. The van der Waals surface area contributed by atoms with E-state index in [4.69, 9.17) is 4.74 Å². The van der Waals surface area contributed by atoms with E-state index in [1.807, 2.05) is 50.2 Å². The van der Waals surface area contributed by atoms with E-state index in [1.54, 1.807) is 0 Å². The van der Waals surface area contributed by atoms with Gasteiger partial charge in [-0.2, -0.15) is 0 Å². The molecule has 7 heteroatoms. The Kier molecular flexibility index (Phi) is 8.92. The van der Waals surface area contributed by atoms with Crippen molar-refractivity contribution in [1.29, 1.82) is 0 Å². The molecule has 0 spiro atoms. The second-order valence-electron chi connectivity index (χ2n) is 8.15. The summed E-state index contributed by atoms with van der Waals surface area (Å²) < 4.78 is 31.5. The highest BCUT2D eigenvalue weighted by molar-refractivity contribution is 7.92. The van der Waals surface area contributed by atoms with Crippen molar-refractivity contribution < 1.29 is 17.9 Å². The minimum atomic E-state index is -3.43. The van der Waals surface area contributed by atoms with E-state index in [-0.39, 0.29) is 18.9 Å². The summed E-state index contributed by atoms with van der Waals surface area (Å²) in [5, 5.41) is 2.82. The van der Waals surface area contributed by atoms with Crippen molar-refractivity contribution in [3.05, 3.63) is 59.2 Å². The Morgan fingerprint density at radius 2 is 1.77 bits per heavy atom. The van der Waals surface area contributed by atoms with Gasteiger partial charge in [-0.3, -0.25) is 9.10 Å². The maximum absolute atomic E-state index is 12.2. The average molecular weight is 447 g/mol. The first-order chi connectivity index (χ1) is 14.6. The van der Waals surface area contributed by atoms with Crippen LogP contribution in [0.15, 0.2) is 42.5 Å². The molecule has 2 aromatic carbocycles. The number of ether oxygens (including phenoxy) is 1. The van der Waals surface area contributed by atoms with Crippen LogP contribution in [0.3, 0.4) is 0 Å². The number of anilines is 1. The molecule has 0 aliphatic carbocycles. The number of hydrogen-bond donors (Lipinski definition) is 1. The maximum Gasteiger partial charge on any atom is 0.232 e. The fraction of sp³-hybridized carbons (Fsp3) is 0.458. The van der Waals surface area contributed by atoms with Crippen LogP contribution in [-0.2, 0) is 14.8 Å². The summed E-state index contributed by atoms with van der Waals surface area (Å²) in [4.78, 5) is 12.1. The van der Waals surface area contributed by atoms with Gasteiger partial charge in [0.2, 0.25) is 15.9 Å². The zero-order chi connectivity index (χ0) is 23.0. The van der Waals surface area contributed by atoms with Crippen LogP contribution >= 0.6 is 0 Å². The number of nitrogens with zero attached hydrogens (tertiary/aromatic N) is 1. The maximum atomic E-state index is 12.2. The zero-order valence-electron chi connectivity index (χ0n) is 19.1. The largest absolute Gasteiger partial charge is 0.491 e. The minimum absolute atomic E-state index is 0.118. The first-order valence-corrected chi connectivity index (χ1v) is 12.5. The van der Waals surface area contributed by atoms with Gasteiger partial charge in [0.1, 0.15) is 12.4 Å². The molecule has 0 aliphatic heterocycles. The van der Waals surface area contributed by atoms with Crippen molar-refractivity contribution in [2.45, 2.75) is 46.5 Å². The van der Waals surface area contributed by atoms with Gasteiger partial charge in [-0.05, 0) is 55.5 Å². The van der Waals surface area contributed by atoms with Crippen molar-refractivity contribution in [1.82, 2.24) is 5.32 Å². The van der Waals surface area contributed by atoms with E-state index in [0.29, 0.717) is 31.2 Å². The van der Waals surface area contributed by atoms with Gasteiger partial charge in [-0.1, -0.05) is 43.7 Å². The van der Waals surface area contributed by atoms with Gasteiger partial charge in [-0.15, -0.1) is 0 Å². The molecule has 0 saturated carbocycles. The topological polar surface area (TPSA) is 75.7 Å². The first kappa shape index (κ1) is 24.7. The lowest BCUT2D eigenvalue weighted by atomic mass is 10.0. The molecule has 0 bridgehead atoms. The fourth-order valence-electron chi connectivity index (χ4n) is 3.30. The number of aryl methyl sites for hydroxylation is 2. The van der Waals surface area contributed by atoms with Crippen LogP contribution in [0, 0.1) is 13.8 Å². The third-order valence-corrected chi connectivity index (χ3v) is 6.22. The molecule has 0 aromatic heterocycles. The SMILES string of the molecule is Cc1ccc(OCCNC(=O)CCCN(c2ccc(C(C)C)cc2)S(C)(=O)=O)c(C)c1. The lowest BCUT2D eigenvalue weighted by Gasteiger charge is -2.23. The highest BCUT2D eigenvalue weighted by atomic mass is 32.2. The predicted molar refractivity (Wildman–Crippen MR) is 126 cm³/mol. The molecule has 0 saturated heterocycles. The van der Waals surface area contributed by atoms with E-state index < -0.39 is 10.0 Å². The summed E-state index contributed by atoms with van der Waals surface area (Å²) in [6, 6.07) is 13.5. The molecule has 2 aromatic rings. The van der Waals surface area contributed by atoms with Crippen LogP contribution < -0.4 is 14.4 Å². The monoisotopic (exact) mass is 446 g/mol. The molecule has 2 rings (SSSR count). The fourth-order valence-corrected chi connectivity index (χ4v) is 4.26. The second-order valence-corrected chi connectivity index (χ2v) is 10.1. The number of hydrogen-bond acceptors (Lipinski definition) is 4. The molecule has 170 valence electrons. The third kappa shape index (κ3) is 7.90. The summed E-state index contributed by atoms with van der Waals surface area (Å²) in [6.45, 7) is 9.25. The molecular formula is C24H34N2O4S. The first-order valence-electron chi connectivity index (χ1n) is 10.6. The van der Waals surface area contributed by atoms with Crippen LogP contribution in [0.4, 0.5) is 5.69 Å². The predicted octanol–water partition coefficient (Wildman–Crippen LogP) is 4.17. The lowest BCUT2D eigenvalue weighted by molar-refractivity contribution is -0.121. The van der Waals surface area contributed by atoms with Gasteiger partial charge < -0.3 is 10.1 Å². The Balaban J connectivity index is 1.79. The van der Waals surface area contributed by atoms with Crippen LogP contribution in [0.5, 0.6) is 5.75 Å². The Hall–Kier alpha value is -2.54. The average Bonchev–Trinajstić information content (AvgIpc) is 2.69. The summed E-state index contributed by atoms with van der Waals surface area (Å²) in [5.74, 6) is 1.07. The van der Waals surface area contributed by atoms with Crippen LogP contribution in [-0.4, -0.2) is 40.3 Å². The van der Waals surface area contributed by atoms with Crippen molar-refractivity contribution in [2.24, 2.45) is 0 Å². The smallest absolute Gasteiger partial charge is 0.232 e. The molecule has 0 heterocycles. The molecular weight excluding hydrogens is 412 g/mol. The van der Waals surface area contributed by atoms with E-state index in [2.05, 4.69) is 25.2 Å². The summed E-state index contributed by atoms with van der Waals surface area (Å²) in [7, 11) is -3.43. The molecule has 1 amide bonds. The van der Waals surface area contributed by atoms with Crippen molar-refractivity contribution in [3.63, 3.8) is 0 Å². The number of nitrogens with one attached hydrogen (secondary N) is 1. The van der Waals surface area contributed by atoms with E-state index in [0.717, 1.165) is 16.9 Å². The van der Waals surface area contributed by atoms with Crippen molar-refractivity contribution in [3.8, 4) is 5.75 Å². The summed E-state index contributed by atoms with van der Waals surface area (Å²) in [6.07, 6.45) is 1.87. The second kappa shape index (κ2) is 11.2. The van der Waals surface area contributed by atoms with Crippen LogP contribution in [0.1, 0.15) is 49.3 Å². The number of carbonyl (C=O) groups excluding carboxylic acids is 1. The molecule has 0 radical (unpaired) electrons. The number of sulfonamides is 1. The van der Waals surface area contributed by atoms with Gasteiger partial charge in [0.05, 0.1) is 18.5 Å². The van der Waals surface area contributed by atoms with E-state index in [1.165, 1.54) is 16.1 Å². The quantitative estimate of drug-likeness (QED) is 0.526. The van der Waals surface area contributed by atoms with Gasteiger partial charge in [0, 0.05) is 13.0 Å². The Morgan fingerprint density at radius 3 is 2.35 bits per heavy atom. The van der Waals surface area contributed by atoms with E-state index in [9.17, 15) is 13.2 Å². The van der Waals surface area contributed by atoms with Crippen LogP contribution in [0.2, 0.25) is 0 Å².